The molecule has 2 atom stereocenters. The number of likely N-dealkylation sites (N-methyl/N-ethyl adjacent to an activating group) is 1. The summed E-state index contributed by atoms with van der Waals surface area (Å²) in [6.45, 7) is 3.20. The number of aldehydes is 2. The number of nitrogens with zero attached hydrogens (tertiary/aromatic N) is 1. The van der Waals surface area contributed by atoms with E-state index in [9.17, 15) is 18.8 Å². The van der Waals surface area contributed by atoms with Gasteiger partial charge in [-0.1, -0.05) is 61.0 Å². The maximum atomic E-state index is 13.8. The molecule has 0 radical (unpaired) electrons. The fourth-order valence-corrected chi connectivity index (χ4v) is 6.43. The van der Waals surface area contributed by atoms with Crippen LogP contribution in [0.1, 0.15) is 85.8 Å². The molecule has 0 fully saturated rings. The van der Waals surface area contributed by atoms with Gasteiger partial charge in [-0.3, -0.25) is 14.5 Å². The van der Waals surface area contributed by atoms with Crippen LogP contribution in [0.4, 0.5) is 4.39 Å². The SMILES string of the molecule is CNC(=O)CCC(C=O)N(C)Cc1c(C=O)cccc1SCCCCCCCCNC(C)c1c(Cl)ccc(F)c1Cl. The van der Waals surface area contributed by atoms with E-state index in [1.54, 1.807) is 24.9 Å². The van der Waals surface area contributed by atoms with Crippen molar-refractivity contribution < 1.29 is 18.8 Å². The van der Waals surface area contributed by atoms with Gasteiger partial charge in [0.2, 0.25) is 5.91 Å². The molecule has 6 nitrogen and oxygen atoms in total. The lowest BCUT2D eigenvalue weighted by Crippen LogP contribution is -2.34. The van der Waals surface area contributed by atoms with Crippen molar-refractivity contribution in [1.82, 2.24) is 15.5 Å². The predicted molar refractivity (Wildman–Crippen MR) is 168 cm³/mol. The molecular weight excluding hydrogens is 584 g/mol. The molecule has 41 heavy (non-hydrogen) atoms. The van der Waals surface area contributed by atoms with Crippen molar-refractivity contribution in [2.45, 2.75) is 81.8 Å². The van der Waals surface area contributed by atoms with Gasteiger partial charge in [-0.05, 0) is 69.3 Å². The average molecular weight is 627 g/mol. The normalized spacial score (nSPS) is 12.8. The lowest BCUT2D eigenvalue weighted by molar-refractivity contribution is -0.121. The van der Waals surface area contributed by atoms with Crippen molar-refractivity contribution in [2.24, 2.45) is 0 Å². The highest BCUT2D eigenvalue weighted by Crippen LogP contribution is 2.32. The summed E-state index contributed by atoms with van der Waals surface area (Å²) in [7, 11) is 3.43. The quantitative estimate of drug-likeness (QED) is 0.0698. The molecule has 2 aromatic rings. The molecule has 2 aromatic carbocycles. The summed E-state index contributed by atoms with van der Waals surface area (Å²) in [6, 6.07) is 8.01. The zero-order valence-electron chi connectivity index (χ0n) is 24.2. The van der Waals surface area contributed by atoms with E-state index in [2.05, 4.69) is 10.6 Å². The number of hydrogen-bond acceptors (Lipinski definition) is 6. The van der Waals surface area contributed by atoms with Crippen LogP contribution in [0.2, 0.25) is 10.0 Å². The number of thioether (sulfide) groups is 1. The van der Waals surface area contributed by atoms with Gasteiger partial charge in [-0.15, -0.1) is 11.8 Å². The Bertz CT molecular complexity index is 1140. The maximum Gasteiger partial charge on any atom is 0.219 e. The molecule has 0 saturated carbocycles. The van der Waals surface area contributed by atoms with Gasteiger partial charge in [0.15, 0.2) is 0 Å². The minimum atomic E-state index is -0.459. The molecule has 0 aliphatic rings. The number of amides is 1. The van der Waals surface area contributed by atoms with Gasteiger partial charge in [0.05, 0.1) is 11.1 Å². The Morgan fingerprint density at radius 2 is 1.78 bits per heavy atom. The Morgan fingerprint density at radius 1 is 1.07 bits per heavy atom. The van der Waals surface area contributed by atoms with E-state index in [0.29, 0.717) is 29.1 Å². The van der Waals surface area contributed by atoms with Gasteiger partial charge in [0.1, 0.15) is 18.4 Å². The minimum Gasteiger partial charge on any atom is -0.359 e. The molecule has 1 amide bonds. The van der Waals surface area contributed by atoms with Crippen LogP contribution < -0.4 is 10.6 Å². The number of nitrogens with one attached hydrogen (secondary N) is 2. The molecule has 0 heterocycles. The summed E-state index contributed by atoms with van der Waals surface area (Å²) in [4.78, 5) is 38.0. The lowest BCUT2D eigenvalue weighted by atomic mass is 10.1. The smallest absolute Gasteiger partial charge is 0.219 e. The maximum absolute atomic E-state index is 13.8. The van der Waals surface area contributed by atoms with Crippen LogP contribution >= 0.6 is 35.0 Å². The minimum absolute atomic E-state index is 0.0791. The van der Waals surface area contributed by atoms with Crippen molar-refractivity contribution in [2.75, 3.05) is 26.4 Å². The Kier molecular flexibility index (Phi) is 16.6. The molecular formula is C31H42Cl2FN3O3S. The summed E-state index contributed by atoms with van der Waals surface area (Å²) in [6.07, 6.45) is 9.04. The van der Waals surface area contributed by atoms with Gasteiger partial charge in [-0.25, -0.2) is 4.39 Å². The molecule has 0 bridgehead atoms. The largest absolute Gasteiger partial charge is 0.359 e. The molecule has 0 spiro atoms. The van der Waals surface area contributed by atoms with Crippen molar-refractivity contribution in [3.8, 4) is 0 Å². The highest BCUT2D eigenvalue weighted by molar-refractivity contribution is 7.99. The highest BCUT2D eigenvalue weighted by Gasteiger charge is 2.19. The fourth-order valence-electron chi connectivity index (χ4n) is 4.64. The average Bonchev–Trinajstić information content (AvgIpc) is 2.96. The predicted octanol–water partition coefficient (Wildman–Crippen LogP) is 7.25. The highest BCUT2D eigenvalue weighted by atomic mass is 35.5. The number of carbonyl (C=O) groups excluding carboxylic acids is 3. The number of hydrogen-bond donors (Lipinski definition) is 2. The summed E-state index contributed by atoms with van der Waals surface area (Å²) in [5.74, 6) is 0.387. The molecule has 2 N–H and O–H groups in total. The second-order valence-electron chi connectivity index (χ2n) is 10.2. The van der Waals surface area contributed by atoms with Gasteiger partial charge < -0.3 is 15.4 Å². The van der Waals surface area contributed by atoms with Crippen LogP contribution in [0.25, 0.3) is 0 Å². The molecule has 0 aromatic heterocycles. The van der Waals surface area contributed by atoms with Crippen LogP contribution in [0, 0.1) is 5.82 Å². The van der Waals surface area contributed by atoms with E-state index in [0.717, 1.165) is 73.9 Å². The van der Waals surface area contributed by atoms with E-state index in [1.165, 1.54) is 12.1 Å². The Labute approximate surface area is 258 Å². The second-order valence-corrected chi connectivity index (χ2v) is 12.1. The van der Waals surface area contributed by atoms with Crippen LogP contribution in [0.5, 0.6) is 0 Å². The van der Waals surface area contributed by atoms with Gasteiger partial charge in [-0.2, -0.15) is 0 Å². The summed E-state index contributed by atoms with van der Waals surface area (Å²) < 4.78 is 13.8. The number of benzene rings is 2. The summed E-state index contributed by atoms with van der Waals surface area (Å²) >= 11 is 14.1. The molecule has 0 saturated heterocycles. The monoisotopic (exact) mass is 625 g/mol. The first-order valence-electron chi connectivity index (χ1n) is 14.2. The van der Waals surface area contributed by atoms with Crippen LogP contribution in [-0.4, -0.2) is 55.8 Å². The fraction of sp³-hybridized carbons (Fsp3) is 0.516. The van der Waals surface area contributed by atoms with Crippen molar-refractivity contribution in [1.29, 1.82) is 0 Å². The van der Waals surface area contributed by atoms with Crippen LogP contribution in [0.3, 0.4) is 0 Å². The number of rotatable bonds is 20. The third kappa shape index (κ3) is 11.7. The summed E-state index contributed by atoms with van der Waals surface area (Å²) in [5, 5.41) is 6.51. The molecule has 0 aliphatic heterocycles. The summed E-state index contributed by atoms with van der Waals surface area (Å²) in [5.41, 5.74) is 2.15. The second kappa shape index (κ2) is 19.3. The first-order chi connectivity index (χ1) is 19.7. The third-order valence-corrected chi connectivity index (χ3v) is 9.06. The zero-order valence-corrected chi connectivity index (χ0v) is 26.5. The van der Waals surface area contributed by atoms with Gasteiger partial charge in [0, 0.05) is 47.1 Å². The first kappa shape index (κ1) is 35.2. The van der Waals surface area contributed by atoms with E-state index in [4.69, 9.17) is 23.2 Å². The molecule has 0 aliphatic carbocycles. The number of halogens is 3. The van der Waals surface area contributed by atoms with Crippen molar-refractivity contribution >= 4 is 53.4 Å². The molecule has 2 unspecified atom stereocenters. The standard InChI is InChI=1S/C31H42Cl2FN3O3S/c1-22(30-26(32)14-15-27(34)31(30)33)36-17-8-6-4-5-7-9-18-41-28-12-10-11-23(20-38)25(28)19-37(3)24(21-39)13-16-29(40)35-2/h10-12,14-15,20-22,24,36H,4-9,13,16-19H2,1-3H3,(H,35,40). The molecule has 226 valence electrons. The van der Waals surface area contributed by atoms with E-state index in [1.807, 2.05) is 31.0 Å². The lowest BCUT2D eigenvalue weighted by Gasteiger charge is -2.25. The van der Waals surface area contributed by atoms with Crippen LogP contribution in [0.15, 0.2) is 35.2 Å². The number of unbranched alkanes of at least 4 members (excludes halogenated alkanes) is 5. The topological polar surface area (TPSA) is 78.5 Å². The Hall–Kier alpha value is -1.97. The molecule has 2 rings (SSSR count). The van der Waals surface area contributed by atoms with E-state index >= 15 is 0 Å². The Morgan fingerprint density at radius 3 is 2.46 bits per heavy atom. The first-order valence-corrected chi connectivity index (χ1v) is 15.9. The van der Waals surface area contributed by atoms with Gasteiger partial charge in [0.25, 0.3) is 0 Å². The third-order valence-electron chi connectivity index (χ3n) is 7.16. The van der Waals surface area contributed by atoms with Crippen molar-refractivity contribution in [3.05, 3.63) is 62.9 Å². The van der Waals surface area contributed by atoms with E-state index in [-0.39, 0.29) is 23.4 Å². The van der Waals surface area contributed by atoms with Gasteiger partial charge >= 0.3 is 0 Å². The molecule has 10 heteroatoms. The zero-order chi connectivity index (χ0) is 30.2. The van der Waals surface area contributed by atoms with Crippen molar-refractivity contribution in [3.63, 3.8) is 0 Å². The van der Waals surface area contributed by atoms with E-state index < -0.39 is 11.9 Å². The Balaban J connectivity index is 1.72. The number of carbonyl (C=O) groups is 3. The van der Waals surface area contributed by atoms with Crippen LogP contribution in [-0.2, 0) is 16.1 Å².